The Balaban J connectivity index is 1.31. The van der Waals surface area contributed by atoms with E-state index in [0.717, 1.165) is 31.6 Å². The first-order chi connectivity index (χ1) is 10.7. The minimum absolute atomic E-state index is 0.163. The number of hydrogen-bond acceptors (Lipinski definition) is 3. The number of rotatable bonds is 4. The second-order valence-electron chi connectivity index (χ2n) is 7.55. The lowest BCUT2D eigenvalue weighted by molar-refractivity contribution is -0.179. The van der Waals surface area contributed by atoms with Crippen LogP contribution in [0.5, 0.6) is 0 Å². The van der Waals surface area contributed by atoms with Gasteiger partial charge in [0.15, 0.2) is 5.79 Å². The summed E-state index contributed by atoms with van der Waals surface area (Å²) in [7, 11) is 0. The van der Waals surface area contributed by atoms with Crippen LogP contribution in [0.4, 0.5) is 4.79 Å². The summed E-state index contributed by atoms with van der Waals surface area (Å²) in [6, 6.07) is 1.34. The predicted molar refractivity (Wildman–Crippen MR) is 82.5 cm³/mol. The molecule has 3 aliphatic carbocycles. The van der Waals surface area contributed by atoms with Crippen molar-refractivity contribution in [3.63, 3.8) is 0 Å². The first-order valence-corrected chi connectivity index (χ1v) is 9.04. The van der Waals surface area contributed by atoms with E-state index in [1.807, 2.05) is 0 Å². The standard InChI is InChI=1S/C17H28N2O3/c1-12(13-2-3-13)19(15-4-5-15)16(20)18-14-6-8-17(9-7-14)21-10-11-22-17/h12-15H,2-11H2,1H3,(H,18,20). The zero-order chi connectivity index (χ0) is 15.2. The molecule has 5 heteroatoms. The number of nitrogens with zero attached hydrogens (tertiary/aromatic N) is 1. The van der Waals surface area contributed by atoms with Crippen LogP contribution in [-0.2, 0) is 9.47 Å². The van der Waals surface area contributed by atoms with Crippen LogP contribution in [0.15, 0.2) is 0 Å². The first kappa shape index (κ1) is 14.8. The van der Waals surface area contributed by atoms with E-state index in [9.17, 15) is 4.79 Å². The summed E-state index contributed by atoms with van der Waals surface area (Å²) >= 11 is 0. The van der Waals surface area contributed by atoms with Gasteiger partial charge >= 0.3 is 6.03 Å². The van der Waals surface area contributed by atoms with Crippen LogP contribution in [-0.4, -0.2) is 48.1 Å². The Bertz CT molecular complexity index is 418. The molecule has 0 aromatic carbocycles. The second kappa shape index (κ2) is 5.68. The van der Waals surface area contributed by atoms with Gasteiger partial charge in [-0.3, -0.25) is 0 Å². The van der Waals surface area contributed by atoms with Crippen LogP contribution in [0, 0.1) is 5.92 Å². The second-order valence-corrected chi connectivity index (χ2v) is 7.55. The summed E-state index contributed by atoms with van der Waals surface area (Å²) in [5.41, 5.74) is 0. The van der Waals surface area contributed by atoms with Gasteiger partial charge in [0.05, 0.1) is 13.2 Å². The summed E-state index contributed by atoms with van der Waals surface area (Å²) in [6.07, 6.45) is 8.67. The van der Waals surface area contributed by atoms with E-state index in [4.69, 9.17) is 9.47 Å². The Kier molecular flexibility index (Phi) is 3.81. The number of carbonyl (C=O) groups is 1. The molecule has 1 unspecified atom stereocenters. The lowest BCUT2D eigenvalue weighted by Crippen LogP contribution is -2.52. The highest BCUT2D eigenvalue weighted by molar-refractivity contribution is 5.75. The number of hydrogen-bond donors (Lipinski definition) is 1. The van der Waals surface area contributed by atoms with Crippen molar-refractivity contribution in [2.24, 2.45) is 5.92 Å². The number of carbonyl (C=O) groups excluding carboxylic acids is 1. The molecule has 4 fully saturated rings. The van der Waals surface area contributed by atoms with E-state index < -0.39 is 0 Å². The molecule has 3 saturated carbocycles. The summed E-state index contributed by atoms with van der Waals surface area (Å²) in [4.78, 5) is 14.9. The Labute approximate surface area is 132 Å². The Hall–Kier alpha value is -0.810. The average Bonchev–Trinajstić information content (AvgIpc) is 3.42. The van der Waals surface area contributed by atoms with Gasteiger partial charge in [-0.05, 0) is 51.4 Å². The quantitative estimate of drug-likeness (QED) is 0.868. The monoisotopic (exact) mass is 308 g/mol. The molecule has 5 nitrogen and oxygen atoms in total. The van der Waals surface area contributed by atoms with Crippen LogP contribution >= 0.6 is 0 Å². The summed E-state index contributed by atoms with van der Waals surface area (Å²) < 4.78 is 11.5. The van der Waals surface area contributed by atoms with E-state index in [1.54, 1.807) is 0 Å². The molecule has 1 heterocycles. The number of urea groups is 1. The fraction of sp³-hybridized carbons (Fsp3) is 0.941. The van der Waals surface area contributed by atoms with Crippen LogP contribution in [0.3, 0.4) is 0 Å². The molecule has 4 aliphatic rings. The van der Waals surface area contributed by atoms with Gasteiger partial charge in [-0.15, -0.1) is 0 Å². The first-order valence-electron chi connectivity index (χ1n) is 9.04. The highest BCUT2D eigenvalue weighted by Crippen LogP contribution is 2.40. The van der Waals surface area contributed by atoms with E-state index in [1.165, 1.54) is 25.7 Å². The highest BCUT2D eigenvalue weighted by Gasteiger charge is 2.44. The maximum Gasteiger partial charge on any atom is 0.318 e. The molecule has 1 aliphatic heterocycles. The van der Waals surface area contributed by atoms with E-state index in [0.29, 0.717) is 25.3 Å². The third kappa shape index (κ3) is 2.98. The third-order valence-electron chi connectivity index (χ3n) is 5.81. The molecule has 1 N–H and O–H groups in total. The molecule has 124 valence electrons. The van der Waals surface area contributed by atoms with Crippen molar-refractivity contribution in [2.45, 2.75) is 82.2 Å². The third-order valence-corrected chi connectivity index (χ3v) is 5.81. The largest absolute Gasteiger partial charge is 0.348 e. The molecule has 0 radical (unpaired) electrons. The minimum Gasteiger partial charge on any atom is -0.348 e. The van der Waals surface area contributed by atoms with Gasteiger partial charge in [-0.2, -0.15) is 0 Å². The molecule has 1 saturated heterocycles. The molecular formula is C17H28N2O3. The van der Waals surface area contributed by atoms with Gasteiger partial charge in [0.2, 0.25) is 0 Å². The van der Waals surface area contributed by atoms with Crippen molar-refractivity contribution in [1.82, 2.24) is 10.2 Å². The normalized spacial score (nSPS) is 29.5. The minimum atomic E-state index is -0.335. The van der Waals surface area contributed by atoms with Gasteiger partial charge in [0.25, 0.3) is 0 Å². The number of nitrogens with one attached hydrogen (secondary N) is 1. The van der Waals surface area contributed by atoms with Crippen LogP contribution in [0.1, 0.15) is 58.3 Å². The molecule has 0 aromatic heterocycles. The molecule has 1 spiro atoms. The number of amides is 2. The smallest absolute Gasteiger partial charge is 0.318 e. The van der Waals surface area contributed by atoms with Crippen molar-refractivity contribution in [1.29, 1.82) is 0 Å². The van der Waals surface area contributed by atoms with E-state index in [-0.39, 0.29) is 17.9 Å². The highest BCUT2D eigenvalue weighted by atomic mass is 16.7. The molecule has 4 rings (SSSR count). The maximum atomic E-state index is 12.7. The zero-order valence-electron chi connectivity index (χ0n) is 13.6. The van der Waals surface area contributed by atoms with Crippen molar-refractivity contribution in [3.05, 3.63) is 0 Å². The lowest BCUT2D eigenvalue weighted by atomic mass is 9.90. The van der Waals surface area contributed by atoms with Gasteiger partial charge in [-0.1, -0.05) is 0 Å². The maximum absolute atomic E-state index is 12.7. The predicted octanol–water partition coefficient (Wildman–Crippen LogP) is 2.64. The van der Waals surface area contributed by atoms with Gasteiger partial charge in [-0.25, -0.2) is 4.79 Å². The van der Waals surface area contributed by atoms with Crippen LogP contribution in [0.2, 0.25) is 0 Å². The van der Waals surface area contributed by atoms with Crippen molar-refractivity contribution in [2.75, 3.05) is 13.2 Å². The topological polar surface area (TPSA) is 50.8 Å². The Morgan fingerprint density at radius 2 is 1.73 bits per heavy atom. The Morgan fingerprint density at radius 1 is 1.09 bits per heavy atom. The average molecular weight is 308 g/mol. The number of ether oxygens (including phenoxy) is 2. The lowest BCUT2D eigenvalue weighted by Gasteiger charge is -2.37. The molecule has 0 aromatic rings. The molecule has 2 amide bonds. The summed E-state index contributed by atoms with van der Waals surface area (Å²) in [5.74, 6) is 0.403. The van der Waals surface area contributed by atoms with Crippen molar-refractivity contribution in [3.8, 4) is 0 Å². The summed E-state index contributed by atoms with van der Waals surface area (Å²) in [6.45, 7) is 3.66. The molecule has 22 heavy (non-hydrogen) atoms. The fourth-order valence-corrected chi connectivity index (χ4v) is 4.08. The van der Waals surface area contributed by atoms with E-state index in [2.05, 4.69) is 17.1 Å². The van der Waals surface area contributed by atoms with Gasteiger partial charge in [0.1, 0.15) is 0 Å². The van der Waals surface area contributed by atoms with E-state index >= 15 is 0 Å². The van der Waals surface area contributed by atoms with Crippen LogP contribution < -0.4 is 5.32 Å². The van der Waals surface area contributed by atoms with Crippen molar-refractivity contribution < 1.29 is 14.3 Å². The SMILES string of the molecule is CC(C1CC1)N(C(=O)NC1CCC2(CC1)OCCO2)C1CC1. The van der Waals surface area contributed by atoms with Crippen LogP contribution in [0.25, 0.3) is 0 Å². The molecule has 1 atom stereocenters. The van der Waals surface area contributed by atoms with Gasteiger partial charge < -0.3 is 19.7 Å². The fourth-order valence-electron chi connectivity index (χ4n) is 4.08. The zero-order valence-corrected chi connectivity index (χ0v) is 13.6. The van der Waals surface area contributed by atoms with Crippen molar-refractivity contribution >= 4 is 6.03 Å². The molecular weight excluding hydrogens is 280 g/mol. The summed E-state index contributed by atoms with van der Waals surface area (Å²) in [5, 5.41) is 3.29. The molecule has 0 bridgehead atoms. The Morgan fingerprint density at radius 3 is 2.27 bits per heavy atom. The van der Waals surface area contributed by atoms with Gasteiger partial charge in [0, 0.05) is 31.0 Å².